The molecule has 1 aromatic carbocycles. The topological polar surface area (TPSA) is 37.4 Å². The lowest BCUT2D eigenvalue weighted by Gasteiger charge is -2.13. The van der Waals surface area contributed by atoms with Crippen LogP contribution in [0.5, 0.6) is 0 Å². The van der Waals surface area contributed by atoms with E-state index in [-0.39, 0.29) is 12.5 Å². The maximum absolute atomic E-state index is 11.6. The van der Waals surface area contributed by atoms with Crippen LogP contribution in [0.4, 0.5) is 0 Å². The Hall–Kier alpha value is -1.35. The molecule has 0 N–H and O–H groups in total. The Kier molecular flexibility index (Phi) is 3.65. The summed E-state index contributed by atoms with van der Waals surface area (Å²) >= 11 is 5.68. The third-order valence-electron chi connectivity index (χ3n) is 1.79. The molecule has 1 aromatic rings. The zero-order chi connectivity index (χ0) is 10.6. The van der Waals surface area contributed by atoms with Gasteiger partial charge in [0.2, 0.25) is 0 Å². The van der Waals surface area contributed by atoms with Gasteiger partial charge in [0.15, 0.2) is 0 Å². The molecule has 0 saturated carbocycles. The van der Waals surface area contributed by atoms with Crippen LogP contribution in [0, 0.1) is 0 Å². The lowest BCUT2D eigenvalue weighted by molar-refractivity contribution is -0.108. The van der Waals surface area contributed by atoms with Gasteiger partial charge in [0, 0.05) is 17.6 Å². The number of halogens is 1. The number of carbonyl (C=O) groups is 2. The fourth-order valence-corrected chi connectivity index (χ4v) is 1.13. The Morgan fingerprint density at radius 2 is 2.00 bits per heavy atom. The molecule has 1 rings (SSSR count). The summed E-state index contributed by atoms with van der Waals surface area (Å²) < 4.78 is 0. The summed E-state index contributed by atoms with van der Waals surface area (Å²) in [5.41, 5.74) is 0.527. The first-order valence-corrected chi connectivity index (χ1v) is 4.47. The first kappa shape index (κ1) is 10.7. The van der Waals surface area contributed by atoms with Crippen molar-refractivity contribution in [1.29, 1.82) is 0 Å². The fourth-order valence-electron chi connectivity index (χ4n) is 1.01. The molecule has 0 unspecified atom stereocenters. The monoisotopic (exact) mass is 211 g/mol. The van der Waals surface area contributed by atoms with E-state index in [1.807, 2.05) is 0 Å². The molecule has 0 radical (unpaired) electrons. The summed E-state index contributed by atoms with van der Waals surface area (Å²) in [6, 6.07) is 6.55. The van der Waals surface area contributed by atoms with Crippen molar-refractivity contribution >= 4 is 23.8 Å². The molecule has 74 valence electrons. The second kappa shape index (κ2) is 4.77. The molecule has 0 saturated heterocycles. The minimum atomic E-state index is -0.186. The number of carbonyl (C=O) groups excluding carboxylic acids is 2. The van der Waals surface area contributed by atoms with E-state index in [0.29, 0.717) is 16.9 Å². The summed E-state index contributed by atoms with van der Waals surface area (Å²) in [4.78, 5) is 23.1. The number of benzene rings is 1. The van der Waals surface area contributed by atoms with Gasteiger partial charge in [0.05, 0.1) is 6.54 Å². The highest BCUT2D eigenvalue weighted by atomic mass is 35.5. The summed E-state index contributed by atoms with van der Waals surface area (Å²) in [5.74, 6) is -0.186. The minimum Gasteiger partial charge on any atom is -0.335 e. The maximum atomic E-state index is 11.6. The Morgan fingerprint density at radius 1 is 1.43 bits per heavy atom. The molecular formula is C10H10ClNO2. The number of hydrogen-bond acceptors (Lipinski definition) is 2. The lowest BCUT2D eigenvalue weighted by Crippen LogP contribution is -2.28. The highest BCUT2D eigenvalue weighted by Crippen LogP contribution is 2.10. The second-order valence-corrected chi connectivity index (χ2v) is 3.30. The van der Waals surface area contributed by atoms with Crippen LogP contribution in [0.1, 0.15) is 10.4 Å². The molecule has 0 spiro atoms. The summed E-state index contributed by atoms with van der Waals surface area (Å²) in [6.07, 6.45) is 0.688. The highest BCUT2D eigenvalue weighted by Gasteiger charge is 2.09. The fraction of sp³-hybridized carbons (Fsp3) is 0.200. The Morgan fingerprint density at radius 3 is 2.50 bits per heavy atom. The summed E-state index contributed by atoms with van der Waals surface area (Å²) in [5, 5.41) is 0.583. The van der Waals surface area contributed by atoms with Crippen LogP contribution in [0.3, 0.4) is 0 Å². The Labute approximate surface area is 87.3 Å². The SMILES string of the molecule is CN(CC=O)C(=O)c1ccc(Cl)cc1. The maximum Gasteiger partial charge on any atom is 0.253 e. The van der Waals surface area contributed by atoms with E-state index in [9.17, 15) is 9.59 Å². The average molecular weight is 212 g/mol. The van der Waals surface area contributed by atoms with E-state index < -0.39 is 0 Å². The molecule has 0 aliphatic heterocycles. The first-order valence-electron chi connectivity index (χ1n) is 4.10. The Bertz CT molecular complexity index is 334. The van der Waals surface area contributed by atoms with E-state index >= 15 is 0 Å². The van der Waals surface area contributed by atoms with Gasteiger partial charge in [-0.05, 0) is 24.3 Å². The highest BCUT2D eigenvalue weighted by molar-refractivity contribution is 6.30. The van der Waals surface area contributed by atoms with E-state index in [1.54, 1.807) is 31.3 Å². The molecule has 0 aromatic heterocycles. The molecule has 0 atom stereocenters. The molecule has 0 heterocycles. The second-order valence-electron chi connectivity index (χ2n) is 2.86. The standard InChI is InChI=1S/C10H10ClNO2/c1-12(6-7-13)10(14)8-2-4-9(11)5-3-8/h2-5,7H,6H2,1H3. The van der Waals surface area contributed by atoms with Crippen LogP contribution in [-0.4, -0.2) is 30.7 Å². The van der Waals surface area contributed by atoms with Gasteiger partial charge >= 0.3 is 0 Å². The van der Waals surface area contributed by atoms with Gasteiger partial charge in [0.25, 0.3) is 5.91 Å². The predicted octanol–water partition coefficient (Wildman–Crippen LogP) is 1.61. The van der Waals surface area contributed by atoms with E-state index in [4.69, 9.17) is 11.6 Å². The van der Waals surface area contributed by atoms with Crippen LogP contribution >= 0.6 is 11.6 Å². The van der Waals surface area contributed by atoms with Crippen LogP contribution < -0.4 is 0 Å². The third kappa shape index (κ3) is 2.57. The van der Waals surface area contributed by atoms with Gasteiger partial charge in [-0.1, -0.05) is 11.6 Å². The molecule has 0 bridgehead atoms. The van der Waals surface area contributed by atoms with Crippen molar-refractivity contribution in [2.75, 3.05) is 13.6 Å². The normalized spacial score (nSPS) is 9.57. The molecule has 0 aliphatic rings. The average Bonchev–Trinajstić information content (AvgIpc) is 2.18. The molecule has 4 heteroatoms. The van der Waals surface area contributed by atoms with E-state index in [0.717, 1.165) is 0 Å². The lowest BCUT2D eigenvalue weighted by atomic mass is 10.2. The van der Waals surface area contributed by atoms with E-state index in [1.165, 1.54) is 4.90 Å². The number of nitrogens with zero attached hydrogens (tertiary/aromatic N) is 1. The number of amides is 1. The van der Waals surface area contributed by atoms with E-state index in [2.05, 4.69) is 0 Å². The van der Waals surface area contributed by atoms with Crippen molar-refractivity contribution in [2.45, 2.75) is 0 Å². The van der Waals surface area contributed by atoms with Crippen molar-refractivity contribution < 1.29 is 9.59 Å². The van der Waals surface area contributed by atoms with Gasteiger partial charge in [-0.2, -0.15) is 0 Å². The molecule has 14 heavy (non-hydrogen) atoms. The zero-order valence-electron chi connectivity index (χ0n) is 7.74. The Balaban J connectivity index is 2.78. The number of likely N-dealkylation sites (N-methyl/N-ethyl adjacent to an activating group) is 1. The molecule has 0 aliphatic carbocycles. The molecular weight excluding hydrogens is 202 g/mol. The van der Waals surface area contributed by atoms with Crippen LogP contribution in [-0.2, 0) is 4.79 Å². The first-order chi connectivity index (χ1) is 6.65. The van der Waals surface area contributed by atoms with Crippen molar-refractivity contribution in [3.05, 3.63) is 34.9 Å². The molecule has 1 amide bonds. The van der Waals surface area contributed by atoms with Crippen LogP contribution in [0.15, 0.2) is 24.3 Å². The largest absolute Gasteiger partial charge is 0.335 e. The molecule has 3 nitrogen and oxygen atoms in total. The third-order valence-corrected chi connectivity index (χ3v) is 2.04. The van der Waals surface area contributed by atoms with Crippen LogP contribution in [0.25, 0.3) is 0 Å². The quantitative estimate of drug-likeness (QED) is 0.713. The van der Waals surface area contributed by atoms with Crippen molar-refractivity contribution in [3.63, 3.8) is 0 Å². The number of aldehydes is 1. The zero-order valence-corrected chi connectivity index (χ0v) is 8.49. The van der Waals surface area contributed by atoms with Crippen LogP contribution in [0.2, 0.25) is 5.02 Å². The van der Waals surface area contributed by atoms with Crippen molar-refractivity contribution in [2.24, 2.45) is 0 Å². The number of hydrogen-bond donors (Lipinski definition) is 0. The molecule has 0 fully saturated rings. The van der Waals surface area contributed by atoms with Gasteiger partial charge < -0.3 is 9.69 Å². The summed E-state index contributed by atoms with van der Waals surface area (Å²) in [7, 11) is 1.57. The number of rotatable bonds is 3. The van der Waals surface area contributed by atoms with Gasteiger partial charge in [-0.25, -0.2) is 0 Å². The summed E-state index contributed by atoms with van der Waals surface area (Å²) in [6.45, 7) is 0.0987. The van der Waals surface area contributed by atoms with Gasteiger partial charge in [-0.15, -0.1) is 0 Å². The van der Waals surface area contributed by atoms with Gasteiger partial charge in [0.1, 0.15) is 6.29 Å². The minimum absolute atomic E-state index is 0.0987. The van der Waals surface area contributed by atoms with Crippen molar-refractivity contribution in [1.82, 2.24) is 4.90 Å². The van der Waals surface area contributed by atoms with Gasteiger partial charge in [-0.3, -0.25) is 4.79 Å². The van der Waals surface area contributed by atoms with Crippen molar-refractivity contribution in [3.8, 4) is 0 Å². The smallest absolute Gasteiger partial charge is 0.253 e. The predicted molar refractivity (Wildman–Crippen MR) is 54.5 cm³/mol.